The van der Waals surface area contributed by atoms with Gasteiger partial charge in [-0.2, -0.15) is 21.0 Å². The molecule has 0 saturated carbocycles. The summed E-state index contributed by atoms with van der Waals surface area (Å²) in [5, 5.41) is 36.0. The number of H-pyrrole nitrogens is 6. The van der Waals surface area contributed by atoms with Gasteiger partial charge in [0.15, 0.2) is 0 Å². The Kier molecular flexibility index (Phi) is 37.9. The van der Waals surface area contributed by atoms with Crippen molar-refractivity contribution in [2.45, 2.75) is 212 Å². The summed E-state index contributed by atoms with van der Waals surface area (Å²) in [7, 11) is 10.7. The molecule has 135 heavy (non-hydrogen) atoms. The molecule has 8 N–H and O–H groups in total. The molecule has 0 aliphatic carbocycles. The summed E-state index contributed by atoms with van der Waals surface area (Å²) in [5.41, 5.74) is 33.6. The lowest BCUT2D eigenvalue weighted by Crippen LogP contribution is -3.00. The number of nitrogens with zero attached hydrogens (tertiary/aromatic N) is 16. The zero-order valence-corrected chi connectivity index (χ0v) is 86.3. The molecule has 710 valence electrons. The standard InChI is InChI=1S/C17H21N3O2.C15H17N3O2.C12H18N3.C12H17N3.C12H13N3.C11H15N3.C10H9N3.C8H8N2.C6H9BrO3.HI/c1-11-7-8-13-14(19-11)12(17(5,6)10-18)9-20(13)15(21)22-16(2,3)4;1-10-5-6-12-13(17-10)11(7-8-16)9-18(12)14(19)20-15(2,3)4;1-9-5-6-11-12(14-9)10(7-13-11)8-15(2,3)4;2*1-8-4-5-10-11(15-8)9(6-14-10)12(2,3)7-13;1-8-4-5-10-11(13-8)9(6-12-10)7-14(2)3;1-7-2-3-9-10(13-7)8(4-5-11)6-12-9;1-6-2-3-7-8(10-6)4-5-9-7;1-4(2)10-6(9)5(8)3-7;/h7-9H,1-6H3;5-6,9H,7H2,1-4H3;5-7,13H,8H2,1-4H3;4-6,14H,7,13H2,1-3H3;4-6,14H,1-3H3;4-6,12H,7H2,1-3H3;2-3,6,12H,4H2,1H3;2-5,9H,1H3;4H,3H2,1-2H3;1H/q;;+1;;;;;;;/p-1. The lowest BCUT2D eigenvalue weighted by atomic mass is 9.86. The van der Waals surface area contributed by atoms with Crippen LogP contribution in [-0.2, 0) is 66.0 Å². The molecule has 30 nitrogen and oxygen atoms in total. The Morgan fingerprint density at radius 2 is 0.800 bits per heavy atom. The van der Waals surface area contributed by atoms with Crippen LogP contribution in [0.2, 0.25) is 0 Å². The number of carbonyl (C=O) groups excluding carboxylic acids is 4. The van der Waals surface area contributed by atoms with Crippen LogP contribution in [0.25, 0.3) is 88.3 Å². The van der Waals surface area contributed by atoms with E-state index >= 15 is 0 Å². The van der Waals surface area contributed by atoms with Gasteiger partial charge in [0.2, 0.25) is 0 Å². The number of halogens is 2. The summed E-state index contributed by atoms with van der Waals surface area (Å²) >= 11 is 2.85. The van der Waals surface area contributed by atoms with Crippen molar-refractivity contribution >= 4 is 128 Å². The highest BCUT2D eigenvalue weighted by atomic mass is 127. The van der Waals surface area contributed by atoms with Gasteiger partial charge in [-0.05, 0) is 256 Å². The Hall–Kier alpha value is -13.4. The molecule has 16 aromatic heterocycles. The molecule has 0 aromatic carbocycles. The van der Waals surface area contributed by atoms with Gasteiger partial charge in [-0.15, -0.1) is 0 Å². The summed E-state index contributed by atoms with van der Waals surface area (Å²) in [5.74, 6) is -1.32. The number of ketones is 1. The fraction of sp³-hybridized carbons (Fsp3) is 0.379. The molecule has 0 aliphatic heterocycles. The molecular weight excluding hydrogens is 1880 g/mol. The van der Waals surface area contributed by atoms with Crippen molar-refractivity contribution in [2.75, 3.05) is 47.1 Å². The van der Waals surface area contributed by atoms with Crippen LogP contribution in [0, 0.1) is 101 Å². The first kappa shape index (κ1) is 109. The lowest BCUT2D eigenvalue weighted by Gasteiger charge is -2.23. The molecular formula is C103H127BrIN23O7. The second kappa shape index (κ2) is 47.0. The number of aromatic nitrogens is 16. The summed E-state index contributed by atoms with van der Waals surface area (Å²) in [6.07, 6.45) is 14.5. The van der Waals surface area contributed by atoms with E-state index in [1.54, 1.807) is 26.2 Å². The monoisotopic (exact) mass is 2000 g/mol. The molecule has 16 heterocycles. The number of carbonyl (C=O) groups is 4. The maximum absolute atomic E-state index is 12.4. The molecule has 0 saturated heterocycles. The molecule has 0 radical (unpaired) electrons. The first-order chi connectivity index (χ1) is 62.8. The van der Waals surface area contributed by atoms with Crippen molar-refractivity contribution in [2.24, 2.45) is 5.73 Å². The van der Waals surface area contributed by atoms with Crippen LogP contribution in [-0.4, -0.2) is 177 Å². The summed E-state index contributed by atoms with van der Waals surface area (Å²) in [6.45, 7) is 44.2. The molecule has 32 heteroatoms. The van der Waals surface area contributed by atoms with E-state index < -0.39 is 46.0 Å². The molecule has 0 fully saturated rings. The van der Waals surface area contributed by atoms with Gasteiger partial charge in [0, 0.05) is 147 Å². The minimum atomic E-state index is -0.771. The van der Waals surface area contributed by atoms with Crippen LogP contribution in [0.5, 0.6) is 0 Å². The number of hydrogen-bond acceptors (Lipinski definition) is 21. The van der Waals surface area contributed by atoms with Crippen LogP contribution in [0.15, 0.2) is 153 Å². The number of alkyl halides is 1. The van der Waals surface area contributed by atoms with E-state index in [2.05, 4.69) is 193 Å². The highest BCUT2D eigenvalue weighted by molar-refractivity contribution is 9.09. The maximum Gasteiger partial charge on any atom is 0.419 e. The van der Waals surface area contributed by atoms with Gasteiger partial charge in [-0.1, -0.05) is 29.8 Å². The van der Waals surface area contributed by atoms with E-state index in [1.807, 2.05) is 241 Å². The topological polar surface area (TPSA) is 428 Å². The van der Waals surface area contributed by atoms with E-state index in [-0.39, 0.29) is 47.2 Å². The minimum Gasteiger partial charge on any atom is -1.00 e. The van der Waals surface area contributed by atoms with E-state index in [0.717, 1.165) is 152 Å². The van der Waals surface area contributed by atoms with Crippen LogP contribution in [0.1, 0.15) is 181 Å². The van der Waals surface area contributed by atoms with Gasteiger partial charge in [-0.25, -0.2) is 14.4 Å². The van der Waals surface area contributed by atoms with Gasteiger partial charge in [0.25, 0.3) is 5.78 Å². The second-order valence-electron chi connectivity index (χ2n) is 37.9. The third-order valence-corrected chi connectivity index (χ3v) is 20.9. The van der Waals surface area contributed by atoms with Crippen LogP contribution in [0.3, 0.4) is 0 Å². The van der Waals surface area contributed by atoms with Gasteiger partial charge in [-0.3, -0.25) is 53.8 Å². The Morgan fingerprint density at radius 1 is 0.444 bits per heavy atom. The van der Waals surface area contributed by atoms with Gasteiger partial charge in [0.05, 0.1) is 174 Å². The third kappa shape index (κ3) is 30.6. The van der Waals surface area contributed by atoms with E-state index in [9.17, 15) is 24.4 Å². The van der Waals surface area contributed by atoms with Crippen molar-refractivity contribution in [3.05, 3.63) is 237 Å². The van der Waals surface area contributed by atoms with Gasteiger partial charge in [0.1, 0.15) is 17.7 Å². The number of aryl methyl sites for hydroxylation is 8. The summed E-state index contributed by atoms with van der Waals surface area (Å²) < 4.78 is 19.2. The second-order valence-corrected chi connectivity index (χ2v) is 38.5. The molecule has 0 spiro atoms. The first-order valence-electron chi connectivity index (χ1n) is 43.9. The first-order valence-corrected chi connectivity index (χ1v) is 45.0. The fourth-order valence-electron chi connectivity index (χ4n) is 13.6. The average Bonchev–Trinajstić information content (AvgIpc) is 1.62. The molecule has 16 rings (SSSR count). The minimum absolute atomic E-state index is 0. The largest absolute Gasteiger partial charge is 1.00 e. The number of fused-ring (bicyclic) bond motifs is 8. The zero-order valence-electron chi connectivity index (χ0n) is 82.6. The number of aromatic amines is 6. The average molecular weight is 2010 g/mol. The van der Waals surface area contributed by atoms with Crippen molar-refractivity contribution in [3.63, 3.8) is 0 Å². The van der Waals surface area contributed by atoms with Crippen LogP contribution in [0.4, 0.5) is 9.59 Å². The quantitative estimate of drug-likeness (QED) is 0.0141. The highest BCUT2D eigenvalue weighted by Crippen LogP contribution is 2.34. The van der Waals surface area contributed by atoms with Crippen LogP contribution >= 0.6 is 15.9 Å². The van der Waals surface area contributed by atoms with Crippen molar-refractivity contribution in [3.8, 4) is 24.3 Å². The number of nitriles is 4. The fourth-order valence-corrected chi connectivity index (χ4v) is 13.8. The molecule has 0 bridgehead atoms. The van der Waals surface area contributed by atoms with Crippen molar-refractivity contribution in [1.82, 2.24) is 83.8 Å². The number of Topliss-reactive ketones (excluding diaryl/α,β-unsaturated/α-hetero) is 1. The van der Waals surface area contributed by atoms with Crippen LogP contribution < -0.4 is 29.7 Å². The highest BCUT2D eigenvalue weighted by Gasteiger charge is 2.31. The predicted molar refractivity (Wildman–Crippen MR) is 534 cm³/mol. The normalized spacial score (nSPS) is 11.3. The molecule has 16 aromatic rings. The van der Waals surface area contributed by atoms with Gasteiger partial charge < -0.3 is 83.2 Å². The number of quaternary nitrogens is 1. The van der Waals surface area contributed by atoms with E-state index in [0.29, 0.717) is 35.0 Å². The number of hydrogen-bond donors (Lipinski definition) is 7. The summed E-state index contributed by atoms with van der Waals surface area (Å²) in [4.78, 5) is 103. The van der Waals surface area contributed by atoms with Gasteiger partial charge >= 0.3 is 18.2 Å². The number of nitrogens with one attached hydrogen (secondary N) is 6. The smallest absolute Gasteiger partial charge is 0.419 e. The number of ether oxygens (including phenoxy) is 3. The van der Waals surface area contributed by atoms with Crippen molar-refractivity contribution in [1.29, 1.82) is 21.0 Å². The SMILES string of the molecule is CC(C)OC(=O)C(=O)CBr.Cc1ccc2[nH]cc(C(C)(C)C#N)c2n1.Cc1ccc2[nH]cc(C(C)(C)CN)c2n1.Cc1ccc2[nH]cc(CC#N)c2n1.Cc1ccc2[nH]cc(CN(C)C)c2n1.Cc1ccc2[nH]cc(C[N+](C)(C)C)c2n1.Cc1ccc2[nH]ccc2n1.Cc1ccc2c(n1)c(C(C)(C)C#N)cn2C(=O)OC(C)(C)C.Cc1ccc2c(n1)c(CC#N)cn2C(=O)OC(C)(C)C.[I-]. The molecule has 0 unspecified atom stereocenters. The zero-order chi connectivity index (χ0) is 99.3. The van der Waals surface area contributed by atoms with E-state index in [1.165, 1.54) is 25.8 Å². The number of esters is 1. The molecule has 0 aliphatic rings. The maximum atomic E-state index is 12.4. The Morgan fingerprint density at radius 3 is 1.23 bits per heavy atom. The number of pyridine rings is 8. The predicted octanol–water partition coefficient (Wildman–Crippen LogP) is 17.6. The number of rotatable bonds is 13. The molecule has 0 atom stereocenters. The Balaban J connectivity index is 0.000000209. The molecule has 0 amide bonds. The van der Waals surface area contributed by atoms with E-state index in [4.69, 9.17) is 31.0 Å². The number of nitrogens with two attached hydrogens (primary N) is 1. The summed E-state index contributed by atoms with van der Waals surface area (Å²) in [6, 6.07) is 42.3. The van der Waals surface area contributed by atoms with Crippen molar-refractivity contribution < 1.29 is 61.8 Å². The Bertz CT molecular complexity index is 6980. The third-order valence-electron chi connectivity index (χ3n) is 20.4. The Labute approximate surface area is 815 Å². The lowest BCUT2D eigenvalue weighted by molar-refractivity contribution is -0.883.